The van der Waals surface area contributed by atoms with E-state index in [2.05, 4.69) is 13.5 Å². The molecule has 0 saturated carbocycles. The summed E-state index contributed by atoms with van der Waals surface area (Å²) in [4.78, 5) is 0. The van der Waals surface area contributed by atoms with Crippen LogP contribution in [0.15, 0.2) is 12.7 Å². The fourth-order valence-corrected chi connectivity index (χ4v) is 2.27. The van der Waals surface area contributed by atoms with Crippen LogP contribution in [0.5, 0.6) is 11.5 Å². The second-order valence-corrected chi connectivity index (χ2v) is 4.99. The van der Waals surface area contributed by atoms with E-state index in [0.29, 0.717) is 11.7 Å². The van der Waals surface area contributed by atoms with Crippen LogP contribution in [0, 0.1) is 26.7 Å². The van der Waals surface area contributed by atoms with Crippen molar-refractivity contribution in [2.45, 2.75) is 40.5 Å². The molecule has 100 valence electrons. The minimum absolute atomic E-state index is 0.419. The molecule has 2 nitrogen and oxygen atoms in total. The van der Waals surface area contributed by atoms with Crippen LogP contribution in [0.25, 0.3) is 0 Å². The third kappa shape index (κ3) is 2.69. The average molecular weight is 248 g/mol. The fourth-order valence-electron chi connectivity index (χ4n) is 2.27. The summed E-state index contributed by atoms with van der Waals surface area (Å²) in [6.07, 6.45) is 3.79. The normalized spacial score (nSPS) is 12.3. The van der Waals surface area contributed by atoms with Crippen molar-refractivity contribution < 1.29 is 9.84 Å². The van der Waals surface area contributed by atoms with Gasteiger partial charge in [-0.15, -0.1) is 6.58 Å². The van der Waals surface area contributed by atoms with Gasteiger partial charge in [-0.3, -0.25) is 0 Å². The van der Waals surface area contributed by atoms with E-state index in [-0.39, 0.29) is 0 Å². The third-order valence-electron chi connectivity index (χ3n) is 3.79. The molecule has 1 unspecified atom stereocenters. The Morgan fingerprint density at radius 2 is 1.83 bits per heavy atom. The Balaban J connectivity index is 3.18. The summed E-state index contributed by atoms with van der Waals surface area (Å²) in [6.45, 7) is 11.9. The molecule has 1 aromatic rings. The van der Waals surface area contributed by atoms with Crippen molar-refractivity contribution in [1.82, 2.24) is 0 Å². The quantitative estimate of drug-likeness (QED) is 0.796. The van der Waals surface area contributed by atoms with Crippen LogP contribution in [-0.4, -0.2) is 12.2 Å². The highest BCUT2D eigenvalue weighted by Crippen LogP contribution is 2.37. The zero-order valence-electron chi connectivity index (χ0n) is 12.1. The summed E-state index contributed by atoms with van der Waals surface area (Å²) in [7, 11) is 1.68. The maximum atomic E-state index is 10.3. The van der Waals surface area contributed by atoms with Crippen molar-refractivity contribution in [2.24, 2.45) is 5.92 Å². The molecule has 0 aliphatic heterocycles. The average Bonchev–Trinajstić information content (AvgIpc) is 2.36. The lowest BCUT2D eigenvalue weighted by molar-refractivity contribution is 0.402. The molecule has 0 amide bonds. The molecule has 1 aromatic carbocycles. The number of aromatic hydroxyl groups is 1. The smallest absolute Gasteiger partial charge is 0.125 e. The van der Waals surface area contributed by atoms with Crippen molar-refractivity contribution in [3.8, 4) is 11.5 Å². The SMILES string of the molecule is C=CC(C)CCc1c(C)c(OC)c(C)c(C)c1O. The minimum atomic E-state index is 0.419. The number of phenolic OH excluding ortho intramolecular Hbond substituents is 1. The molecule has 1 rings (SSSR count). The van der Waals surface area contributed by atoms with Gasteiger partial charge in [0.2, 0.25) is 0 Å². The van der Waals surface area contributed by atoms with E-state index in [9.17, 15) is 5.11 Å². The van der Waals surface area contributed by atoms with E-state index in [1.54, 1.807) is 7.11 Å². The van der Waals surface area contributed by atoms with Crippen LogP contribution < -0.4 is 4.74 Å². The van der Waals surface area contributed by atoms with Crippen LogP contribution in [0.4, 0.5) is 0 Å². The van der Waals surface area contributed by atoms with Crippen molar-refractivity contribution in [3.63, 3.8) is 0 Å². The highest BCUT2D eigenvalue weighted by Gasteiger charge is 2.17. The lowest BCUT2D eigenvalue weighted by Crippen LogP contribution is -2.02. The maximum absolute atomic E-state index is 10.3. The van der Waals surface area contributed by atoms with Gasteiger partial charge in [-0.25, -0.2) is 0 Å². The summed E-state index contributed by atoms with van der Waals surface area (Å²) in [5.74, 6) is 1.77. The van der Waals surface area contributed by atoms with E-state index >= 15 is 0 Å². The topological polar surface area (TPSA) is 29.5 Å². The zero-order valence-corrected chi connectivity index (χ0v) is 12.1. The lowest BCUT2D eigenvalue weighted by atomic mass is 9.92. The second-order valence-electron chi connectivity index (χ2n) is 4.99. The van der Waals surface area contributed by atoms with Gasteiger partial charge in [0.05, 0.1) is 7.11 Å². The lowest BCUT2D eigenvalue weighted by Gasteiger charge is -2.18. The van der Waals surface area contributed by atoms with Crippen molar-refractivity contribution >= 4 is 0 Å². The van der Waals surface area contributed by atoms with Gasteiger partial charge in [0.25, 0.3) is 0 Å². The number of phenols is 1. The number of hydrogen-bond acceptors (Lipinski definition) is 2. The van der Waals surface area contributed by atoms with Gasteiger partial charge < -0.3 is 9.84 Å². The second kappa shape index (κ2) is 5.94. The zero-order chi connectivity index (χ0) is 13.9. The summed E-state index contributed by atoms with van der Waals surface area (Å²) >= 11 is 0. The van der Waals surface area contributed by atoms with E-state index < -0.39 is 0 Å². The number of ether oxygens (including phenoxy) is 1. The van der Waals surface area contributed by atoms with Crippen LogP contribution in [-0.2, 0) is 6.42 Å². The summed E-state index contributed by atoms with van der Waals surface area (Å²) in [5.41, 5.74) is 3.99. The van der Waals surface area contributed by atoms with Crippen molar-refractivity contribution in [2.75, 3.05) is 7.11 Å². The van der Waals surface area contributed by atoms with E-state index in [1.165, 1.54) is 0 Å². The Hall–Kier alpha value is -1.44. The first-order valence-corrected chi connectivity index (χ1v) is 6.42. The number of hydrogen-bond donors (Lipinski definition) is 1. The van der Waals surface area contributed by atoms with E-state index in [0.717, 1.165) is 40.8 Å². The molecule has 0 aliphatic rings. The molecule has 1 atom stereocenters. The van der Waals surface area contributed by atoms with E-state index in [1.807, 2.05) is 26.8 Å². The molecule has 0 aliphatic carbocycles. The molecule has 1 N–H and O–H groups in total. The Morgan fingerprint density at radius 3 is 2.33 bits per heavy atom. The molecular formula is C16H24O2. The highest BCUT2D eigenvalue weighted by molar-refractivity contribution is 5.57. The fraction of sp³-hybridized carbons (Fsp3) is 0.500. The minimum Gasteiger partial charge on any atom is -0.507 e. The molecule has 2 heteroatoms. The van der Waals surface area contributed by atoms with Crippen LogP contribution >= 0.6 is 0 Å². The largest absolute Gasteiger partial charge is 0.507 e. The Kier molecular flexibility index (Phi) is 4.83. The van der Waals surface area contributed by atoms with Gasteiger partial charge in [-0.2, -0.15) is 0 Å². The Labute approximate surface area is 110 Å². The molecule has 18 heavy (non-hydrogen) atoms. The number of methoxy groups -OCH3 is 1. The molecule has 0 aromatic heterocycles. The van der Waals surface area contributed by atoms with Gasteiger partial charge in [0.15, 0.2) is 0 Å². The van der Waals surface area contributed by atoms with E-state index in [4.69, 9.17) is 4.74 Å². The molecule has 0 saturated heterocycles. The van der Waals surface area contributed by atoms with Crippen LogP contribution in [0.1, 0.15) is 35.6 Å². The number of benzene rings is 1. The predicted molar refractivity (Wildman–Crippen MR) is 76.6 cm³/mol. The van der Waals surface area contributed by atoms with Gasteiger partial charge in [-0.05, 0) is 56.2 Å². The van der Waals surface area contributed by atoms with Gasteiger partial charge in [0, 0.05) is 5.56 Å². The highest BCUT2D eigenvalue weighted by atomic mass is 16.5. The first-order valence-electron chi connectivity index (χ1n) is 6.42. The molecule has 0 radical (unpaired) electrons. The molecule has 0 heterocycles. The standard InChI is InChI=1S/C16H24O2/c1-7-10(2)8-9-14-13(5)16(18-6)12(4)11(3)15(14)17/h7,10,17H,1,8-9H2,2-6H3. The Morgan fingerprint density at radius 1 is 1.22 bits per heavy atom. The van der Waals surface area contributed by atoms with Gasteiger partial charge in [-0.1, -0.05) is 13.0 Å². The third-order valence-corrected chi connectivity index (χ3v) is 3.79. The summed E-state index contributed by atoms with van der Waals surface area (Å²) < 4.78 is 5.45. The molecule has 0 fully saturated rings. The van der Waals surface area contributed by atoms with Crippen molar-refractivity contribution in [1.29, 1.82) is 0 Å². The molecule has 0 spiro atoms. The first kappa shape index (κ1) is 14.6. The molecule has 0 bridgehead atoms. The number of rotatable bonds is 5. The Bertz CT molecular complexity index is 447. The predicted octanol–water partition coefficient (Wildman–Crippen LogP) is 4.08. The first-order chi connectivity index (χ1) is 8.43. The van der Waals surface area contributed by atoms with Gasteiger partial charge >= 0.3 is 0 Å². The summed E-state index contributed by atoms with van der Waals surface area (Å²) in [5, 5.41) is 10.3. The maximum Gasteiger partial charge on any atom is 0.125 e. The van der Waals surface area contributed by atoms with Gasteiger partial charge in [0.1, 0.15) is 11.5 Å². The van der Waals surface area contributed by atoms with Crippen LogP contribution in [0.2, 0.25) is 0 Å². The van der Waals surface area contributed by atoms with Crippen molar-refractivity contribution in [3.05, 3.63) is 34.9 Å². The number of allylic oxidation sites excluding steroid dienone is 1. The summed E-state index contributed by atoms with van der Waals surface area (Å²) in [6, 6.07) is 0. The monoisotopic (exact) mass is 248 g/mol. The molecular weight excluding hydrogens is 224 g/mol. The van der Waals surface area contributed by atoms with Crippen LogP contribution in [0.3, 0.4) is 0 Å².